The molecule has 2 N–H and O–H groups in total. The first-order valence-electron chi connectivity index (χ1n) is 10.3. The third-order valence-electron chi connectivity index (χ3n) is 5.22. The van der Waals surface area contributed by atoms with Crippen LogP contribution in [0, 0.1) is 18.3 Å². The summed E-state index contributed by atoms with van der Waals surface area (Å²) in [6, 6.07) is 12.3. The van der Waals surface area contributed by atoms with Crippen molar-refractivity contribution >= 4 is 34.9 Å². The third-order valence-corrected chi connectivity index (χ3v) is 6.11. The van der Waals surface area contributed by atoms with Crippen molar-refractivity contribution in [2.45, 2.75) is 26.2 Å². The Morgan fingerprint density at radius 3 is 2.90 bits per heavy atom. The maximum absolute atomic E-state index is 11.7. The number of thioether (sulfide) groups is 1. The number of carbonyl (C=O) groups is 1. The fourth-order valence-electron chi connectivity index (χ4n) is 3.51. The Labute approximate surface area is 186 Å². The van der Waals surface area contributed by atoms with Gasteiger partial charge >= 0.3 is 0 Å². The third kappa shape index (κ3) is 5.06. The second-order valence-electron chi connectivity index (χ2n) is 7.49. The minimum Gasteiger partial charge on any atom is -0.354 e. The molecule has 31 heavy (non-hydrogen) atoms. The molecule has 8 heteroatoms. The lowest BCUT2D eigenvalue weighted by Crippen LogP contribution is -2.27. The molecule has 7 nitrogen and oxygen atoms in total. The van der Waals surface area contributed by atoms with Gasteiger partial charge in [0.1, 0.15) is 11.6 Å². The van der Waals surface area contributed by atoms with Crippen molar-refractivity contribution in [1.82, 2.24) is 20.2 Å². The van der Waals surface area contributed by atoms with Gasteiger partial charge in [0.25, 0.3) is 0 Å². The molecular weight excluding hydrogens is 408 g/mol. The quantitative estimate of drug-likeness (QED) is 0.508. The first-order valence-corrected chi connectivity index (χ1v) is 11.2. The largest absolute Gasteiger partial charge is 0.354 e. The molecule has 0 bridgehead atoms. The summed E-state index contributed by atoms with van der Waals surface area (Å²) >= 11 is 1.48. The van der Waals surface area contributed by atoms with Gasteiger partial charge in [0.2, 0.25) is 11.9 Å². The van der Waals surface area contributed by atoms with Gasteiger partial charge in [-0.15, -0.1) is 0 Å². The maximum atomic E-state index is 11.7. The van der Waals surface area contributed by atoms with Crippen molar-refractivity contribution in [3.05, 3.63) is 63.8 Å². The zero-order valence-corrected chi connectivity index (χ0v) is 18.2. The number of nitrogens with one attached hydrogen (secondary N) is 2. The van der Waals surface area contributed by atoms with Gasteiger partial charge in [0.15, 0.2) is 0 Å². The molecule has 0 aliphatic carbocycles. The number of nitrogens with zero attached hydrogens (tertiary/aromatic N) is 4. The predicted octanol–water partition coefficient (Wildman–Crippen LogP) is 3.74. The summed E-state index contributed by atoms with van der Waals surface area (Å²) in [4.78, 5) is 22.4. The highest BCUT2D eigenvalue weighted by atomic mass is 32.2. The minimum absolute atomic E-state index is 0.240. The van der Waals surface area contributed by atoms with Crippen molar-refractivity contribution < 1.29 is 4.79 Å². The summed E-state index contributed by atoms with van der Waals surface area (Å²) in [7, 11) is 0. The molecule has 0 spiro atoms. The molecule has 2 aliphatic heterocycles. The van der Waals surface area contributed by atoms with Crippen LogP contribution < -0.4 is 10.6 Å². The molecule has 0 atom stereocenters. The number of likely N-dealkylation sites (tertiary alicyclic amines) is 1. The van der Waals surface area contributed by atoms with Crippen LogP contribution in [0.5, 0.6) is 0 Å². The van der Waals surface area contributed by atoms with E-state index in [0.717, 1.165) is 42.2 Å². The van der Waals surface area contributed by atoms with Gasteiger partial charge in [0.05, 0.1) is 16.4 Å². The van der Waals surface area contributed by atoms with Crippen molar-refractivity contribution in [3.63, 3.8) is 0 Å². The maximum Gasteiger partial charge on any atom is 0.223 e. The van der Waals surface area contributed by atoms with E-state index in [2.05, 4.69) is 57.9 Å². The Morgan fingerprint density at radius 2 is 2.16 bits per heavy atom. The summed E-state index contributed by atoms with van der Waals surface area (Å²) in [6.45, 7) is 4.32. The second kappa shape index (κ2) is 9.67. The van der Waals surface area contributed by atoms with Crippen LogP contribution in [0.25, 0.3) is 11.3 Å². The lowest BCUT2D eigenvalue weighted by molar-refractivity contribution is -0.127. The molecule has 1 aromatic carbocycles. The van der Waals surface area contributed by atoms with Gasteiger partial charge < -0.3 is 15.5 Å². The molecule has 0 unspecified atom stereocenters. The van der Waals surface area contributed by atoms with Gasteiger partial charge in [-0.3, -0.25) is 4.79 Å². The normalized spacial score (nSPS) is 17.2. The Bertz CT molecular complexity index is 1070. The summed E-state index contributed by atoms with van der Waals surface area (Å²) in [5.74, 6) is 0.719. The Hall–Kier alpha value is -3.31. The molecule has 158 valence electrons. The fraction of sp³-hybridized carbons (Fsp3) is 0.304. The van der Waals surface area contributed by atoms with Crippen LogP contribution >= 0.6 is 11.8 Å². The van der Waals surface area contributed by atoms with Gasteiger partial charge in [-0.05, 0) is 31.4 Å². The Morgan fingerprint density at radius 1 is 1.32 bits per heavy atom. The first-order chi connectivity index (χ1) is 15.1. The molecule has 1 fully saturated rings. The molecule has 2 aromatic rings. The predicted molar refractivity (Wildman–Crippen MR) is 123 cm³/mol. The van der Waals surface area contributed by atoms with Crippen molar-refractivity contribution in [3.8, 4) is 6.07 Å². The van der Waals surface area contributed by atoms with Crippen molar-refractivity contribution in [1.29, 1.82) is 5.26 Å². The summed E-state index contributed by atoms with van der Waals surface area (Å²) in [5.41, 5.74) is 4.31. The van der Waals surface area contributed by atoms with Gasteiger partial charge in [-0.25, -0.2) is 9.97 Å². The lowest BCUT2D eigenvalue weighted by atomic mass is 10.1. The molecular formula is C23H24N6OS. The zero-order valence-electron chi connectivity index (χ0n) is 17.4. The SMILES string of the molecule is Cc1ccc(C2=CSC(=C(C#N)c3ccnc(NCCCN4CCCC4=O)n3)N2)cc1. The zero-order chi connectivity index (χ0) is 21.6. The second-order valence-corrected chi connectivity index (χ2v) is 8.37. The van der Waals surface area contributed by atoms with Crippen LogP contribution in [-0.4, -0.2) is 40.4 Å². The molecule has 1 aromatic heterocycles. The summed E-state index contributed by atoms with van der Waals surface area (Å²) in [5, 5.41) is 19.1. The lowest BCUT2D eigenvalue weighted by Gasteiger charge is -2.15. The van der Waals surface area contributed by atoms with E-state index < -0.39 is 0 Å². The van der Waals surface area contributed by atoms with Crippen molar-refractivity contribution in [2.24, 2.45) is 0 Å². The highest BCUT2D eigenvalue weighted by Crippen LogP contribution is 2.34. The Balaban J connectivity index is 1.39. The van der Waals surface area contributed by atoms with E-state index in [9.17, 15) is 10.1 Å². The number of anilines is 1. The standard InChI is InChI=1S/C23H24N6OS/c1-16-5-7-17(8-6-16)20-15-31-22(27-20)18(14-24)19-9-11-26-23(28-19)25-10-3-13-29-12-2-4-21(29)30/h5-9,11,15,27H,2-4,10,12-13H2,1H3,(H,25,26,28). The number of amides is 1. The molecule has 4 rings (SSSR count). The number of aromatic nitrogens is 2. The van der Waals surface area contributed by atoms with E-state index in [1.165, 1.54) is 17.3 Å². The van der Waals surface area contributed by atoms with Crippen LogP contribution in [0.4, 0.5) is 5.95 Å². The minimum atomic E-state index is 0.240. The van der Waals surface area contributed by atoms with E-state index in [0.29, 0.717) is 30.2 Å². The van der Waals surface area contributed by atoms with Crippen LogP contribution in [0.3, 0.4) is 0 Å². The van der Waals surface area contributed by atoms with E-state index in [1.54, 1.807) is 12.3 Å². The molecule has 0 saturated carbocycles. The number of rotatable bonds is 7. The highest BCUT2D eigenvalue weighted by Gasteiger charge is 2.20. The highest BCUT2D eigenvalue weighted by molar-refractivity contribution is 8.06. The van der Waals surface area contributed by atoms with Gasteiger partial charge in [-0.1, -0.05) is 41.6 Å². The number of hydrogen-bond acceptors (Lipinski definition) is 7. The van der Waals surface area contributed by atoms with Crippen LogP contribution in [0.2, 0.25) is 0 Å². The summed E-state index contributed by atoms with van der Waals surface area (Å²) < 4.78 is 0. The van der Waals surface area contributed by atoms with Crippen LogP contribution in [0.1, 0.15) is 36.1 Å². The van der Waals surface area contributed by atoms with Crippen LogP contribution in [0.15, 0.2) is 47.0 Å². The molecule has 0 radical (unpaired) electrons. The number of carbonyl (C=O) groups excluding carboxylic acids is 1. The monoisotopic (exact) mass is 432 g/mol. The number of allylic oxidation sites excluding steroid dienone is 1. The van der Waals surface area contributed by atoms with E-state index in [1.807, 2.05) is 10.3 Å². The van der Waals surface area contributed by atoms with Crippen LogP contribution in [-0.2, 0) is 4.79 Å². The van der Waals surface area contributed by atoms with E-state index in [-0.39, 0.29) is 5.91 Å². The van der Waals surface area contributed by atoms with Crippen molar-refractivity contribution in [2.75, 3.05) is 25.0 Å². The average molecular weight is 433 g/mol. The average Bonchev–Trinajstić information content (AvgIpc) is 3.42. The Kier molecular flexibility index (Phi) is 6.53. The molecule has 1 saturated heterocycles. The number of aryl methyl sites for hydroxylation is 1. The first kappa shape index (κ1) is 20.9. The smallest absolute Gasteiger partial charge is 0.223 e. The van der Waals surface area contributed by atoms with Gasteiger partial charge in [-0.2, -0.15) is 5.26 Å². The number of benzene rings is 1. The molecule has 3 heterocycles. The molecule has 1 amide bonds. The molecule has 2 aliphatic rings. The fourth-order valence-corrected chi connectivity index (χ4v) is 4.38. The van der Waals surface area contributed by atoms with Gasteiger partial charge in [0, 0.05) is 37.7 Å². The van der Waals surface area contributed by atoms with E-state index >= 15 is 0 Å². The van der Waals surface area contributed by atoms with E-state index in [4.69, 9.17) is 0 Å². The number of nitriles is 1. The number of hydrogen-bond donors (Lipinski definition) is 2. The topological polar surface area (TPSA) is 93.9 Å². The summed E-state index contributed by atoms with van der Waals surface area (Å²) in [6.07, 6.45) is 4.10.